The van der Waals surface area contributed by atoms with Gasteiger partial charge in [-0.05, 0) is 30.5 Å². The van der Waals surface area contributed by atoms with Crippen LogP contribution >= 0.6 is 0 Å². The molecule has 1 fully saturated rings. The van der Waals surface area contributed by atoms with E-state index >= 15 is 0 Å². The van der Waals surface area contributed by atoms with Gasteiger partial charge in [0.25, 0.3) is 11.8 Å². The molecule has 5 rings (SSSR count). The predicted molar refractivity (Wildman–Crippen MR) is 98.4 cm³/mol. The summed E-state index contributed by atoms with van der Waals surface area (Å²) in [7, 11) is 3.39. The van der Waals surface area contributed by atoms with E-state index in [9.17, 15) is 9.59 Å². The van der Waals surface area contributed by atoms with Crippen LogP contribution in [-0.2, 0) is 4.79 Å². The molecular weight excluding hydrogens is 346 g/mol. The molecule has 0 radical (unpaired) electrons. The molecule has 7 heteroatoms. The van der Waals surface area contributed by atoms with Crippen LogP contribution in [0.4, 0.5) is 5.69 Å². The number of nitrogens with zero attached hydrogens (tertiary/aromatic N) is 1. The summed E-state index contributed by atoms with van der Waals surface area (Å²) >= 11 is 0. The van der Waals surface area contributed by atoms with Crippen LogP contribution in [0, 0.1) is 5.92 Å². The second kappa shape index (κ2) is 5.77. The molecule has 0 bridgehead atoms. The molecule has 140 valence electrons. The number of fused-ring (bicyclic) bond motifs is 2. The second-order valence-corrected chi connectivity index (χ2v) is 7.50. The summed E-state index contributed by atoms with van der Waals surface area (Å²) in [6.45, 7) is 0.536. The van der Waals surface area contributed by atoms with E-state index in [0.717, 1.165) is 24.0 Å². The number of likely N-dealkylation sites (N-methyl/N-ethyl adjacent to an activating group) is 1. The number of rotatable bonds is 3. The lowest BCUT2D eigenvalue weighted by Crippen LogP contribution is -2.40. The van der Waals surface area contributed by atoms with Crippen molar-refractivity contribution in [2.45, 2.75) is 24.9 Å². The number of amides is 2. The number of H-pyrrole nitrogens is 1. The van der Waals surface area contributed by atoms with E-state index in [-0.39, 0.29) is 23.7 Å². The fourth-order valence-electron chi connectivity index (χ4n) is 4.09. The van der Waals surface area contributed by atoms with Gasteiger partial charge in [-0.1, -0.05) is 0 Å². The van der Waals surface area contributed by atoms with E-state index in [2.05, 4.69) is 10.3 Å². The van der Waals surface area contributed by atoms with Crippen molar-refractivity contribution in [2.75, 3.05) is 26.0 Å². The van der Waals surface area contributed by atoms with Gasteiger partial charge < -0.3 is 24.7 Å². The number of ether oxygens (including phenoxy) is 2. The van der Waals surface area contributed by atoms with Crippen LogP contribution < -0.4 is 14.8 Å². The summed E-state index contributed by atoms with van der Waals surface area (Å²) in [5.74, 6) is 1.44. The van der Waals surface area contributed by atoms with E-state index in [1.165, 1.54) is 0 Å². The van der Waals surface area contributed by atoms with Crippen molar-refractivity contribution < 1.29 is 19.1 Å². The maximum atomic E-state index is 12.4. The topological polar surface area (TPSA) is 83.7 Å². The third-order valence-electron chi connectivity index (χ3n) is 5.69. The highest BCUT2D eigenvalue weighted by Gasteiger charge is 2.43. The molecular formula is C20H21N3O4. The lowest BCUT2D eigenvalue weighted by atomic mass is 9.86. The number of aromatic nitrogens is 1. The molecule has 27 heavy (non-hydrogen) atoms. The van der Waals surface area contributed by atoms with Gasteiger partial charge in [0.15, 0.2) is 6.10 Å². The molecule has 2 N–H and O–H groups in total. The highest BCUT2D eigenvalue weighted by Crippen LogP contribution is 2.47. The average molecular weight is 367 g/mol. The lowest BCUT2D eigenvalue weighted by molar-refractivity contribution is -0.124. The molecule has 7 nitrogen and oxygen atoms in total. The zero-order valence-electron chi connectivity index (χ0n) is 15.2. The number of hydrogen-bond donors (Lipinski definition) is 2. The largest absolute Gasteiger partial charge is 0.497 e. The van der Waals surface area contributed by atoms with Crippen LogP contribution in [0.1, 0.15) is 40.4 Å². The van der Waals surface area contributed by atoms with E-state index < -0.39 is 6.10 Å². The van der Waals surface area contributed by atoms with Crippen LogP contribution in [0.5, 0.6) is 11.5 Å². The SMILES string of the molecule is COc1cc2c(c(C3CN(C)C(=O)c4[nH]ccc43)c1)OC(C1CC1)C(=O)N2. The zero-order valence-corrected chi connectivity index (χ0v) is 15.2. The average Bonchev–Trinajstić information content (AvgIpc) is 3.38. The Hall–Kier alpha value is -2.96. The number of carbonyl (C=O) groups is 2. The predicted octanol–water partition coefficient (Wildman–Crippen LogP) is 2.35. The summed E-state index contributed by atoms with van der Waals surface area (Å²) in [5, 5.41) is 2.99. The third kappa shape index (κ3) is 2.49. The molecule has 1 saturated carbocycles. The van der Waals surface area contributed by atoms with Gasteiger partial charge in [0.1, 0.15) is 17.2 Å². The second-order valence-electron chi connectivity index (χ2n) is 7.50. The van der Waals surface area contributed by atoms with Crippen LogP contribution in [0.15, 0.2) is 24.4 Å². The molecule has 2 unspecified atom stereocenters. The monoisotopic (exact) mass is 367 g/mol. The summed E-state index contributed by atoms with van der Waals surface area (Å²) in [4.78, 5) is 29.6. The lowest BCUT2D eigenvalue weighted by Gasteiger charge is -2.34. The van der Waals surface area contributed by atoms with Crippen molar-refractivity contribution >= 4 is 17.5 Å². The van der Waals surface area contributed by atoms with Crippen LogP contribution in [-0.4, -0.2) is 48.5 Å². The molecule has 0 spiro atoms. The molecule has 0 saturated heterocycles. The van der Waals surface area contributed by atoms with Crippen LogP contribution in [0.2, 0.25) is 0 Å². The first-order valence-corrected chi connectivity index (χ1v) is 9.19. The molecule has 3 aliphatic rings. The minimum atomic E-state index is -0.446. The van der Waals surface area contributed by atoms with E-state index in [1.807, 2.05) is 12.1 Å². The van der Waals surface area contributed by atoms with Crippen LogP contribution in [0.25, 0.3) is 0 Å². The molecule has 1 aromatic heterocycles. The number of benzene rings is 1. The molecule has 1 aliphatic carbocycles. The first-order valence-electron chi connectivity index (χ1n) is 9.19. The normalized spacial score (nSPS) is 24.0. The van der Waals surface area contributed by atoms with Crippen molar-refractivity contribution in [2.24, 2.45) is 5.92 Å². The number of aromatic amines is 1. The third-order valence-corrected chi connectivity index (χ3v) is 5.69. The Morgan fingerprint density at radius 2 is 2.04 bits per heavy atom. The van der Waals surface area contributed by atoms with E-state index in [4.69, 9.17) is 9.47 Å². The maximum Gasteiger partial charge on any atom is 0.270 e. The van der Waals surface area contributed by atoms with Gasteiger partial charge in [0.2, 0.25) is 0 Å². The Morgan fingerprint density at radius 1 is 1.22 bits per heavy atom. The number of carbonyl (C=O) groups excluding carboxylic acids is 2. The Bertz CT molecular complexity index is 947. The van der Waals surface area contributed by atoms with Gasteiger partial charge >= 0.3 is 0 Å². The van der Waals surface area contributed by atoms with Gasteiger partial charge in [-0.15, -0.1) is 0 Å². The quantitative estimate of drug-likeness (QED) is 0.872. The Kier molecular flexibility index (Phi) is 3.47. The summed E-state index contributed by atoms with van der Waals surface area (Å²) in [5.41, 5.74) is 3.10. The van der Waals surface area contributed by atoms with Gasteiger partial charge in [-0.3, -0.25) is 9.59 Å². The summed E-state index contributed by atoms with van der Waals surface area (Å²) < 4.78 is 11.7. The van der Waals surface area contributed by atoms with E-state index in [1.54, 1.807) is 31.3 Å². The number of methoxy groups -OCH3 is 1. The van der Waals surface area contributed by atoms with Crippen molar-refractivity contribution in [1.82, 2.24) is 9.88 Å². The molecule has 2 amide bonds. The van der Waals surface area contributed by atoms with Gasteiger partial charge in [-0.2, -0.15) is 0 Å². The number of nitrogens with one attached hydrogen (secondary N) is 2. The Balaban J connectivity index is 1.64. The highest BCUT2D eigenvalue weighted by atomic mass is 16.5. The molecule has 2 aromatic rings. The molecule has 1 aromatic carbocycles. The molecule has 3 heterocycles. The fourth-order valence-corrected chi connectivity index (χ4v) is 4.09. The maximum absolute atomic E-state index is 12.4. The van der Waals surface area contributed by atoms with Crippen molar-refractivity contribution in [3.8, 4) is 11.5 Å². The Labute approximate surface area is 156 Å². The van der Waals surface area contributed by atoms with Crippen molar-refractivity contribution in [3.05, 3.63) is 41.2 Å². The molecule has 2 atom stereocenters. The van der Waals surface area contributed by atoms with Crippen molar-refractivity contribution in [3.63, 3.8) is 0 Å². The highest BCUT2D eigenvalue weighted by molar-refractivity contribution is 5.99. The molecule has 2 aliphatic heterocycles. The fraction of sp³-hybridized carbons (Fsp3) is 0.400. The zero-order chi connectivity index (χ0) is 18.7. The van der Waals surface area contributed by atoms with Gasteiger partial charge in [0, 0.05) is 43.3 Å². The van der Waals surface area contributed by atoms with Crippen molar-refractivity contribution in [1.29, 1.82) is 0 Å². The summed E-state index contributed by atoms with van der Waals surface area (Å²) in [6.07, 6.45) is 3.37. The van der Waals surface area contributed by atoms with Gasteiger partial charge in [-0.25, -0.2) is 0 Å². The van der Waals surface area contributed by atoms with Crippen LogP contribution in [0.3, 0.4) is 0 Å². The standard InChI is InChI=1S/C20H21N3O4/c1-23-9-14(12-5-6-21-16(12)20(23)25)13-7-11(26-2)8-15-18(13)27-17(10-3-4-10)19(24)22-15/h5-8,10,14,17,21H,3-4,9H2,1-2H3,(H,22,24). The number of anilines is 1. The number of hydrogen-bond acceptors (Lipinski definition) is 4. The minimum absolute atomic E-state index is 0.0203. The first kappa shape index (κ1) is 16.2. The van der Waals surface area contributed by atoms with E-state index in [0.29, 0.717) is 29.4 Å². The summed E-state index contributed by atoms with van der Waals surface area (Å²) in [6, 6.07) is 5.68. The smallest absolute Gasteiger partial charge is 0.270 e. The Morgan fingerprint density at radius 3 is 2.78 bits per heavy atom. The first-order chi connectivity index (χ1) is 13.1. The van der Waals surface area contributed by atoms with Gasteiger partial charge in [0.05, 0.1) is 12.8 Å². The minimum Gasteiger partial charge on any atom is -0.497 e.